The first-order valence-electron chi connectivity index (χ1n) is 13.4. The van der Waals surface area contributed by atoms with Crippen molar-refractivity contribution in [2.45, 2.75) is 58.1 Å². The lowest BCUT2D eigenvalue weighted by atomic mass is 9.93. The van der Waals surface area contributed by atoms with Crippen LogP contribution < -0.4 is 5.32 Å². The van der Waals surface area contributed by atoms with Gasteiger partial charge >= 0.3 is 18.0 Å². The van der Waals surface area contributed by atoms with Gasteiger partial charge in [-0.05, 0) is 83.8 Å². The number of amides is 1. The van der Waals surface area contributed by atoms with E-state index in [0.29, 0.717) is 28.3 Å². The molecular formula is C30H41ClF5N3O2. The molecule has 5 nitrogen and oxygen atoms in total. The monoisotopic (exact) mass is 605 g/mol. The predicted molar refractivity (Wildman–Crippen MR) is 155 cm³/mol. The molecule has 1 spiro atoms. The minimum Gasteiger partial charge on any atom is -0.385 e. The molecule has 41 heavy (non-hydrogen) atoms. The number of rotatable bonds is 5. The van der Waals surface area contributed by atoms with Crippen molar-refractivity contribution in [2.75, 3.05) is 46.1 Å². The summed E-state index contributed by atoms with van der Waals surface area (Å²) in [4.78, 5) is 24.2. The predicted octanol–water partition coefficient (Wildman–Crippen LogP) is 7.73. The number of likely N-dealkylation sites (tertiary alicyclic amines) is 1. The molecule has 1 heterocycles. The Hall–Kier alpha value is -2.72. The summed E-state index contributed by atoms with van der Waals surface area (Å²) in [6.45, 7) is 5.10. The van der Waals surface area contributed by atoms with Gasteiger partial charge in [-0.2, -0.15) is 22.0 Å². The maximum absolute atomic E-state index is 12.8. The Bertz CT molecular complexity index is 1060. The Morgan fingerprint density at radius 1 is 1.00 bits per heavy atom. The number of hydrogen-bond acceptors (Lipinski definition) is 4. The fourth-order valence-electron chi connectivity index (χ4n) is 3.72. The zero-order valence-corrected chi connectivity index (χ0v) is 25.1. The van der Waals surface area contributed by atoms with Crippen LogP contribution in [0.15, 0.2) is 48.5 Å². The molecule has 0 aromatic heterocycles. The molecular weight excluding hydrogens is 565 g/mol. The summed E-state index contributed by atoms with van der Waals surface area (Å²) in [5, 5.41) is 3.68. The molecule has 1 aliphatic carbocycles. The Kier molecular flexibility index (Phi) is 14.7. The first-order chi connectivity index (χ1) is 19.1. The van der Waals surface area contributed by atoms with E-state index in [4.69, 9.17) is 11.6 Å². The second kappa shape index (κ2) is 16.7. The van der Waals surface area contributed by atoms with Crippen molar-refractivity contribution in [2.24, 2.45) is 5.41 Å². The molecule has 0 atom stereocenters. The van der Waals surface area contributed by atoms with E-state index in [2.05, 4.69) is 31.3 Å². The van der Waals surface area contributed by atoms with Crippen molar-refractivity contribution < 1.29 is 31.5 Å². The van der Waals surface area contributed by atoms with E-state index in [0.717, 1.165) is 37.8 Å². The smallest absolute Gasteiger partial charge is 0.385 e. The molecule has 2 fully saturated rings. The van der Waals surface area contributed by atoms with Gasteiger partial charge in [0.25, 0.3) is 0 Å². The van der Waals surface area contributed by atoms with Crippen molar-refractivity contribution in [3.63, 3.8) is 0 Å². The summed E-state index contributed by atoms with van der Waals surface area (Å²) in [5.41, 5.74) is 2.94. The first-order valence-corrected chi connectivity index (χ1v) is 13.8. The molecule has 0 unspecified atom stereocenters. The number of carbonyl (C=O) groups is 2. The van der Waals surface area contributed by atoms with E-state index in [1.807, 2.05) is 50.3 Å². The molecule has 4 rings (SSSR count). The highest BCUT2D eigenvalue weighted by molar-refractivity contribution is 6.33. The van der Waals surface area contributed by atoms with Gasteiger partial charge in [0.15, 0.2) is 6.29 Å². The van der Waals surface area contributed by atoms with Gasteiger partial charge in [-0.25, -0.2) is 0 Å². The molecule has 11 heteroatoms. The average molecular weight is 606 g/mol. The van der Waals surface area contributed by atoms with Crippen LogP contribution in [0.4, 0.5) is 27.6 Å². The van der Waals surface area contributed by atoms with Gasteiger partial charge in [-0.1, -0.05) is 54.4 Å². The number of nitrogens with one attached hydrogen (secondary N) is 1. The molecule has 1 amide bonds. The molecule has 1 saturated heterocycles. The number of aryl methyl sites for hydroxylation is 1. The van der Waals surface area contributed by atoms with Crippen molar-refractivity contribution >= 4 is 29.5 Å². The minimum atomic E-state index is -5.81. The summed E-state index contributed by atoms with van der Waals surface area (Å²) in [7, 11) is 6.00. The zero-order valence-electron chi connectivity index (χ0n) is 24.3. The van der Waals surface area contributed by atoms with Crippen LogP contribution in [-0.4, -0.2) is 74.9 Å². The van der Waals surface area contributed by atoms with E-state index in [9.17, 15) is 31.5 Å². The van der Waals surface area contributed by atoms with Crippen molar-refractivity contribution in [1.29, 1.82) is 0 Å². The lowest BCUT2D eigenvalue weighted by molar-refractivity contribution is -0.274. The van der Waals surface area contributed by atoms with Crippen molar-refractivity contribution in [3.8, 4) is 0 Å². The molecule has 2 aromatic rings. The van der Waals surface area contributed by atoms with Crippen molar-refractivity contribution in [3.05, 3.63) is 64.7 Å². The average Bonchev–Trinajstić information content (AvgIpc) is 3.66. The number of alkyl halides is 5. The number of anilines is 1. The third-order valence-corrected chi connectivity index (χ3v) is 6.67. The van der Waals surface area contributed by atoms with Crippen molar-refractivity contribution in [1.82, 2.24) is 9.80 Å². The van der Waals surface area contributed by atoms with Gasteiger partial charge in [0, 0.05) is 30.9 Å². The molecule has 1 saturated carbocycles. The number of benzene rings is 2. The standard InChI is InChI=1S/C10H12ClNO.C10H12F5NO.C7H8.C3H9N/c1-2-5-12-9-4-3-8(7-13)10(11)6-9;11-9(12,10(13,14)15)7(17)16-5-3-8(1-2-8)4-6-16;1-7-5-3-2-4-6-7;1-4(2)3/h3-4,6-7,12H,2,5H2,1H3;1-6H2;2-6H,1H3;1-3H3. The fraction of sp³-hybridized carbons (Fsp3) is 0.533. The Morgan fingerprint density at radius 2 is 1.54 bits per heavy atom. The van der Waals surface area contributed by atoms with Gasteiger partial charge < -0.3 is 15.1 Å². The molecule has 2 aromatic carbocycles. The van der Waals surface area contributed by atoms with E-state index in [-0.39, 0.29) is 18.5 Å². The highest BCUT2D eigenvalue weighted by Gasteiger charge is 2.65. The number of piperidine rings is 1. The summed E-state index contributed by atoms with van der Waals surface area (Å²) in [6.07, 6.45) is -0.938. The van der Waals surface area contributed by atoms with E-state index < -0.39 is 18.0 Å². The number of aldehydes is 1. The third-order valence-electron chi connectivity index (χ3n) is 6.34. The van der Waals surface area contributed by atoms with Gasteiger partial charge in [-0.3, -0.25) is 9.59 Å². The Labute approximate surface area is 245 Å². The van der Waals surface area contributed by atoms with Crippen LogP contribution in [0.3, 0.4) is 0 Å². The summed E-state index contributed by atoms with van der Waals surface area (Å²) >= 11 is 5.84. The molecule has 0 radical (unpaired) electrons. The number of halogens is 6. The highest BCUT2D eigenvalue weighted by atomic mass is 35.5. The minimum absolute atomic E-state index is 0.00447. The highest BCUT2D eigenvalue weighted by Crippen LogP contribution is 2.54. The van der Waals surface area contributed by atoms with Crippen LogP contribution in [0.5, 0.6) is 0 Å². The Balaban J connectivity index is 0.000000308. The molecule has 2 aliphatic rings. The molecule has 230 valence electrons. The maximum Gasteiger partial charge on any atom is 0.463 e. The number of carbonyl (C=O) groups excluding carboxylic acids is 2. The van der Waals surface area contributed by atoms with Crippen LogP contribution in [0, 0.1) is 12.3 Å². The second-order valence-electron chi connectivity index (χ2n) is 10.6. The summed E-state index contributed by atoms with van der Waals surface area (Å²) < 4.78 is 61.6. The van der Waals surface area contributed by atoms with E-state index in [1.54, 1.807) is 12.1 Å². The summed E-state index contributed by atoms with van der Waals surface area (Å²) in [6, 6.07) is 15.6. The topological polar surface area (TPSA) is 52.7 Å². The largest absolute Gasteiger partial charge is 0.463 e. The van der Waals surface area contributed by atoms with Gasteiger partial charge in [0.2, 0.25) is 0 Å². The second-order valence-corrected chi connectivity index (χ2v) is 11.0. The molecule has 0 bridgehead atoms. The SMILES string of the molecule is CCCNc1ccc(C=O)c(Cl)c1.CN(C)C.Cc1ccccc1.O=C(N1CCC2(CC1)CC2)C(F)(F)C(F)(F)F. The lowest BCUT2D eigenvalue weighted by Gasteiger charge is -2.34. The lowest BCUT2D eigenvalue weighted by Crippen LogP contribution is -2.54. The van der Waals surface area contributed by atoms with Gasteiger partial charge in [0.1, 0.15) is 0 Å². The van der Waals surface area contributed by atoms with Gasteiger partial charge in [-0.15, -0.1) is 0 Å². The molecule has 1 aliphatic heterocycles. The van der Waals surface area contributed by atoms with Gasteiger partial charge in [0.05, 0.1) is 5.02 Å². The quantitative estimate of drug-likeness (QED) is 0.280. The normalized spacial score (nSPS) is 15.4. The van der Waals surface area contributed by atoms with Crippen LogP contribution >= 0.6 is 11.6 Å². The van der Waals surface area contributed by atoms with Crippen LogP contribution in [0.25, 0.3) is 0 Å². The number of hydrogen-bond donors (Lipinski definition) is 1. The van der Waals surface area contributed by atoms with Crippen LogP contribution in [-0.2, 0) is 4.79 Å². The number of nitrogens with zero attached hydrogens (tertiary/aromatic N) is 2. The third kappa shape index (κ3) is 12.8. The first kappa shape index (κ1) is 36.3. The fourth-order valence-corrected chi connectivity index (χ4v) is 3.94. The zero-order chi connectivity index (χ0) is 31.3. The maximum atomic E-state index is 12.8. The summed E-state index contributed by atoms with van der Waals surface area (Å²) in [5.74, 6) is -7.37. The van der Waals surface area contributed by atoms with E-state index >= 15 is 0 Å². The van der Waals surface area contributed by atoms with E-state index in [1.165, 1.54) is 5.56 Å². The van der Waals surface area contributed by atoms with Crippen LogP contribution in [0.2, 0.25) is 5.02 Å². The Morgan fingerprint density at radius 3 is 1.90 bits per heavy atom. The molecule has 1 N–H and O–H groups in total. The van der Waals surface area contributed by atoms with Crippen LogP contribution in [0.1, 0.15) is 54.9 Å².